The summed E-state index contributed by atoms with van der Waals surface area (Å²) in [5.41, 5.74) is 1.10. The molecule has 0 aliphatic carbocycles. The van der Waals surface area contributed by atoms with E-state index in [9.17, 15) is 21.6 Å². The van der Waals surface area contributed by atoms with Crippen molar-refractivity contribution in [3.8, 4) is 0 Å². The number of carbonyl (C=O) groups excluding carboxylic acids is 1. The smallest absolute Gasteiger partial charge is 0.326 e. The van der Waals surface area contributed by atoms with Crippen LogP contribution in [0, 0.1) is 0 Å². The summed E-state index contributed by atoms with van der Waals surface area (Å²) in [4.78, 5) is 14.4. The van der Waals surface area contributed by atoms with Gasteiger partial charge in [-0.15, -0.1) is 0 Å². The van der Waals surface area contributed by atoms with E-state index in [4.69, 9.17) is 4.74 Å². The lowest BCUT2D eigenvalue weighted by atomic mass is 10.1. The number of sulfonamides is 2. The average Bonchev–Trinajstić information content (AvgIpc) is 2.83. The number of nitrogens with zero attached hydrogens (tertiary/aromatic N) is 3. The fourth-order valence-electron chi connectivity index (χ4n) is 3.82. The van der Waals surface area contributed by atoms with E-state index in [1.165, 1.54) is 38.4 Å². The van der Waals surface area contributed by atoms with Gasteiger partial charge in [0.25, 0.3) is 10.0 Å². The van der Waals surface area contributed by atoms with Crippen LogP contribution in [0.4, 0.5) is 11.4 Å². The van der Waals surface area contributed by atoms with Gasteiger partial charge in [0.2, 0.25) is 10.0 Å². The zero-order valence-corrected chi connectivity index (χ0v) is 21.3. The first-order valence-electron chi connectivity index (χ1n) is 11.1. The average molecular weight is 510 g/mol. The SMILES string of the molecule is CCOC(=O)CN(c1ccccc1N1CCCCC1)S(=O)(=O)c1ccc(S(=O)(=O)N(C)C)cc1. The summed E-state index contributed by atoms with van der Waals surface area (Å²) in [5, 5.41) is 0. The van der Waals surface area contributed by atoms with Gasteiger partial charge in [-0.2, -0.15) is 0 Å². The molecule has 1 fully saturated rings. The number of para-hydroxylation sites is 2. The molecule has 0 atom stereocenters. The van der Waals surface area contributed by atoms with Gasteiger partial charge in [0, 0.05) is 27.2 Å². The molecule has 0 spiro atoms. The standard InChI is InChI=1S/C23H31N3O6S2/c1-4-32-23(27)18-26(22-11-7-6-10-21(22)25-16-8-5-9-17-25)34(30,31)20-14-12-19(13-15-20)33(28,29)24(2)3/h6-7,10-15H,4-5,8-9,16-18H2,1-3H3. The van der Waals surface area contributed by atoms with Crippen molar-refractivity contribution in [2.45, 2.75) is 36.0 Å². The molecule has 1 heterocycles. The number of benzene rings is 2. The van der Waals surface area contributed by atoms with E-state index < -0.39 is 32.6 Å². The predicted molar refractivity (Wildman–Crippen MR) is 131 cm³/mol. The monoisotopic (exact) mass is 509 g/mol. The molecular weight excluding hydrogens is 478 g/mol. The van der Waals surface area contributed by atoms with Crippen LogP contribution >= 0.6 is 0 Å². The number of esters is 1. The molecule has 186 valence electrons. The Hall–Kier alpha value is -2.63. The molecule has 34 heavy (non-hydrogen) atoms. The van der Waals surface area contributed by atoms with E-state index in [0.29, 0.717) is 5.69 Å². The number of hydrogen-bond acceptors (Lipinski definition) is 7. The molecule has 1 aliphatic rings. The second-order valence-corrected chi connectivity index (χ2v) is 12.1. The molecule has 0 aromatic heterocycles. The maximum absolute atomic E-state index is 13.7. The molecule has 3 rings (SSSR count). The van der Waals surface area contributed by atoms with Crippen LogP contribution < -0.4 is 9.21 Å². The van der Waals surface area contributed by atoms with Gasteiger partial charge in [0.1, 0.15) is 6.54 Å². The summed E-state index contributed by atoms with van der Waals surface area (Å²) in [6.07, 6.45) is 3.12. The number of carbonyl (C=O) groups is 1. The Bertz CT molecular complexity index is 1210. The topological polar surface area (TPSA) is 104 Å². The minimum absolute atomic E-state index is 0.0258. The van der Waals surface area contributed by atoms with Crippen molar-refractivity contribution in [3.05, 3.63) is 48.5 Å². The van der Waals surface area contributed by atoms with Gasteiger partial charge in [-0.05, 0) is 62.6 Å². The normalized spacial score (nSPS) is 14.8. The van der Waals surface area contributed by atoms with E-state index in [1.807, 2.05) is 12.1 Å². The van der Waals surface area contributed by atoms with Gasteiger partial charge in [-0.3, -0.25) is 9.10 Å². The molecule has 0 N–H and O–H groups in total. The highest BCUT2D eigenvalue weighted by atomic mass is 32.2. The molecule has 1 saturated heterocycles. The zero-order valence-electron chi connectivity index (χ0n) is 19.7. The third-order valence-electron chi connectivity index (χ3n) is 5.62. The van der Waals surface area contributed by atoms with Gasteiger partial charge in [-0.25, -0.2) is 21.1 Å². The molecule has 2 aromatic carbocycles. The van der Waals surface area contributed by atoms with Gasteiger partial charge < -0.3 is 9.64 Å². The van der Waals surface area contributed by atoms with Crippen molar-refractivity contribution in [1.29, 1.82) is 0 Å². The molecule has 0 bridgehead atoms. The van der Waals surface area contributed by atoms with Crippen LogP contribution in [0.15, 0.2) is 58.3 Å². The van der Waals surface area contributed by atoms with Crippen LogP contribution in [0.1, 0.15) is 26.2 Å². The summed E-state index contributed by atoms with van der Waals surface area (Å²) in [5.74, 6) is -0.675. The Morgan fingerprint density at radius 1 is 0.882 bits per heavy atom. The lowest BCUT2D eigenvalue weighted by Crippen LogP contribution is -2.39. The highest BCUT2D eigenvalue weighted by Gasteiger charge is 2.31. The summed E-state index contributed by atoms with van der Waals surface area (Å²) >= 11 is 0. The zero-order chi connectivity index (χ0) is 24.9. The highest BCUT2D eigenvalue weighted by molar-refractivity contribution is 7.93. The molecule has 0 radical (unpaired) electrons. The Kier molecular flexibility index (Phi) is 8.21. The minimum atomic E-state index is -4.21. The van der Waals surface area contributed by atoms with E-state index in [0.717, 1.165) is 46.6 Å². The Labute approximate surface area is 202 Å². The maximum Gasteiger partial charge on any atom is 0.326 e. The summed E-state index contributed by atoms with van der Waals surface area (Å²) in [6, 6.07) is 12.1. The molecule has 1 aliphatic heterocycles. The second-order valence-electron chi connectivity index (χ2n) is 8.11. The van der Waals surface area contributed by atoms with Crippen LogP contribution in [-0.2, 0) is 29.6 Å². The van der Waals surface area contributed by atoms with Crippen molar-refractivity contribution in [3.63, 3.8) is 0 Å². The van der Waals surface area contributed by atoms with Gasteiger partial charge >= 0.3 is 5.97 Å². The number of anilines is 2. The summed E-state index contributed by atoms with van der Waals surface area (Å²) < 4.78 is 59.4. The van der Waals surface area contributed by atoms with E-state index in [-0.39, 0.29) is 16.4 Å². The van der Waals surface area contributed by atoms with Gasteiger partial charge in [0.05, 0.1) is 27.8 Å². The first-order chi connectivity index (χ1) is 16.1. The Morgan fingerprint density at radius 3 is 2.00 bits per heavy atom. The molecule has 0 saturated carbocycles. The van der Waals surface area contributed by atoms with E-state index >= 15 is 0 Å². The molecule has 11 heteroatoms. The van der Waals surface area contributed by atoms with Crippen molar-refractivity contribution in [2.75, 3.05) is 49.5 Å². The number of piperidine rings is 1. The minimum Gasteiger partial charge on any atom is -0.465 e. The number of hydrogen-bond donors (Lipinski definition) is 0. The van der Waals surface area contributed by atoms with E-state index in [2.05, 4.69) is 4.90 Å². The van der Waals surface area contributed by atoms with Crippen molar-refractivity contribution in [1.82, 2.24) is 4.31 Å². The van der Waals surface area contributed by atoms with Crippen molar-refractivity contribution >= 4 is 37.4 Å². The molecule has 2 aromatic rings. The third kappa shape index (κ3) is 5.53. The lowest BCUT2D eigenvalue weighted by molar-refractivity contribution is -0.141. The van der Waals surface area contributed by atoms with Crippen LogP contribution in [0.5, 0.6) is 0 Å². The number of ether oxygens (including phenoxy) is 1. The van der Waals surface area contributed by atoms with Crippen LogP contribution in [0.25, 0.3) is 0 Å². The van der Waals surface area contributed by atoms with Crippen LogP contribution in [0.3, 0.4) is 0 Å². The molecule has 0 amide bonds. The van der Waals surface area contributed by atoms with Gasteiger partial charge in [-0.1, -0.05) is 12.1 Å². The maximum atomic E-state index is 13.7. The fourth-order valence-corrected chi connectivity index (χ4v) is 6.15. The third-order valence-corrected chi connectivity index (χ3v) is 9.22. The predicted octanol–water partition coefficient (Wildman–Crippen LogP) is 2.69. The summed E-state index contributed by atoms with van der Waals surface area (Å²) in [7, 11) is -5.13. The largest absolute Gasteiger partial charge is 0.465 e. The Balaban J connectivity index is 2.07. The van der Waals surface area contributed by atoms with Gasteiger partial charge in [0.15, 0.2) is 0 Å². The summed E-state index contributed by atoms with van der Waals surface area (Å²) in [6.45, 7) is 2.86. The van der Waals surface area contributed by atoms with Crippen molar-refractivity contribution < 1.29 is 26.4 Å². The molecule has 0 unspecified atom stereocenters. The first-order valence-corrected chi connectivity index (χ1v) is 14.0. The van der Waals surface area contributed by atoms with E-state index in [1.54, 1.807) is 19.1 Å². The highest BCUT2D eigenvalue weighted by Crippen LogP contribution is 2.35. The fraction of sp³-hybridized carbons (Fsp3) is 0.435. The van der Waals surface area contributed by atoms with Crippen LogP contribution in [0.2, 0.25) is 0 Å². The van der Waals surface area contributed by atoms with Crippen LogP contribution in [-0.4, -0.2) is 67.4 Å². The van der Waals surface area contributed by atoms with Crippen molar-refractivity contribution in [2.24, 2.45) is 0 Å². The number of rotatable bonds is 9. The first kappa shape index (κ1) is 26.0. The quantitative estimate of drug-likeness (QED) is 0.479. The molecule has 9 nitrogen and oxygen atoms in total. The Morgan fingerprint density at radius 2 is 1.44 bits per heavy atom. The molecular formula is C23H31N3O6S2. The lowest BCUT2D eigenvalue weighted by Gasteiger charge is -2.33. The second kappa shape index (κ2) is 10.7.